The summed E-state index contributed by atoms with van der Waals surface area (Å²) in [7, 11) is 0. The van der Waals surface area contributed by atoms with Gasteiger partial charge in [0, 0.05) is 12.0 Å². The SMILES string of the molecule is CCOC(=O)CCC(O)c1ccc(C(F)F)cc1. The van der Waals surface area contributed by atoms with E-state index in [2.05, 4.69) is 0 Å². The van der Waals surface area contributed by atoms with E-state index in [1.54, 1.807) is 6.92 Å². The number of esters is 1. The van der Waals surface area contributed by atoms with Crippen LogP contribution >= 0.6 is 0 Å². The smallest absolute Gasteiger partial charge is 0.305 e. The lowest BCUT2D eigenvalue weighted by atomic mass is 10.0. The number of alkyl halides is 2. The molecule has 0 spiro atoms. The van der Waals surface area contributed by atoms with E-state index >= 15 is 0 Å². The van der Waals surface area contributed by atoms with Crippen LogP contribution in [0.1, 0.15) is 43.4 Å². The van der Waals surface area contributed by atoms with Crippen molar-refractivity contribution in [3.8, 4) is 0 Å². The van der Waals surface area contributed by atoms with Crippen molar-refractivity contribution >= 4 is 5.97 Å². The molecule has 0 aliphatic carbocycles. The lowest BCUT2D eigenvalue weighted by Crippen LogP contribution is -2.07. The van der Waals surface area contributed by atoms with Crippen LogP contribution in [0.2, 0.25) is 0 Å². The number of rotatable bonds is 6. The van der Waals surface area contributed by atoms with Crippen molar-refractivity contribution in [2.45, 2.75) is 32.3 Å². The molecule has 1 N–H and O–H groups in total. The molecule has 1 aromatic carbocycles. The largest absolute Gasteiger partial charge is 0.466 e. The second-order valence-electron chi connectivity index (χ2n) is 3.83. The monoisotopic (exact) mass is 258 g/mol. The molecule has 1 atom stereocenters. The number of hydrogen-bond donors (Lipinski definition) is 1. The zero-order valence-corrected chi connectivity index (χ0v) is 10.1. The van der Waals surface area contributed by atoms with Crippen LogP contribution in [-0.2, 0) is 9.53 Å². The van der Waals surface area contributed by atoms with Gasteiger partial charge in [0.25, 0.3) is 6.43 Å². The molecule has 100 valence electrons. The number of hydrogen-bond acceptors (Lipinski definition) is 3. The van der Waals surface area contributed by atoms with Gasteiger partial charge in [-0.25, -0.2) is 8.78 Å². The predicted molar refractivity (Wildman–Crippen MR) is 62.2 cm³/mol. The van der Waals surface area contributed by atoms with Crippen LogP contribution in [0, 0.1) is 0 Å². The van der Waals surface area contributed by atoms with Crippen molar-refractivity contribution < 1.29 is 23.4 Å². The molecular weight excluding hydrogens is 242 g/mol. The van der Waals surface area contributed by atoms with Crippen LogP contribution < -0.4 is 0 Å². The highest BCUT2D eigenvalue weighted by Crippen LogP contribution is 2.23. The predicted octanol–water partition coefficient (Wildman–Crippen LogP) is 3.00. The van der Waals surface area contributed by atoms with Crippen LogP contribution in [0.25, 0.3) is 0 Å². The maximum Gasteiger partial charge on any atom is 0.305 e. The maximum absolute atomic E-state index is 12.3. The molecule has 0 aliphatic heterocycles. The fourth-order valence-corrected chi connectivity index (χ4v) is 1.52. The van der Waals surface area contributed by atoms with Gasteiger partial charge in [0.1, 0.15) is 0 Å². The van der Waals surface area contributed by atoms with E-state index in [0.29, 0.717) is 12.2 Å². The quantitative estimate of drug-likeness (QED) is 0.798. The van der Waals surface area contributed by atoms with Gasteiger partial charge in [-0.2, -0.15) is 0 Å². The van der Waals surface area contributed by atoms with Gasteiger partial charge in [0.15, 0.2) is 0 Å². The Kier molecular flexibility index (Phi) is 5.71. The summed E-state index contributed by atoms with van der Waals surface area (Å²) in [6, 6.07) is 5.43. The molecule has 0 saturated heterocycles. The zero-order valence-electron chi connectivity index (χ0n) is 10.1. The highest BCUT2D eigenvalue weighted by Gasteiger charge is 2.12. The molecule has 1 unspecified atom stereocenters. The van der Waals surface area contributed by atoms with E-state index in [1.165, 1.54) is 24.3 Å². The highest BCUT2D eigenvalue weighted by atomic mass is 19.3. The number of ether oxygens (including phenoxy) is 1. The minimum atomic E-state index is -2.52. The summed E-state index contributed by atoms with van der Waals surface area (Å²) < 4.78 is 29.4. The van der Waals surface area contributed by atoms with E-state index in [9.17, 15) is 18.7 Å². The second-order valence-corrected chi connectivity index (χ2v) is 3.83. The molecular formula is C13H16F2O3. The van der Waals surface area contributed by atoms with Crippen LogP contribution in [0.3, 0.4) is 0 Å². The van der Waals surface area contributed by atoms with E-state index in [0.717, 1.165) is 0 Å². The lowest BCUT2D eigenvalue weighted by molar-refractivity contribution is -0.143. The number of aliphatic hydroxyl groups excluding tert-OH is 1. The first-order valence-corrected chi connectivity index (χ1v) is 5.76. The summed E-state index contributed by atoms with van der Waals surface area (Å²) >= 11 is 0. The van der Waals surface area contributed by atoms with Gasteiger partial charge in [-0.1, -0.05) is 24.3 Å². The summed E-state index contributed by atoms with van der Waals surface area (Å²) in [6.07, 6.45) is -3.05. The molecule has 0 heterocycles. The molecule has 1 rings (SSSR count). The standard InChI is InChI=1S/C13H16F2O3/c1-2-18-12(17)8-7-11(16)9-3-5-10(6-4-9)13(14)15/h3-6,11,13,16H,2,7-8H2,1H3. The van der Waals surface area contributed by atoms with E-state index in [1.807, 2.05) is 0 Å². The van der Waals surface area contributed by atoms with Gasteiger partial charge < -0.3 is 9.84 Å². The fourth-order valence-electron chi connectivity index (χ4n) is 1.52. The summed E-state index contributed by atoms with van der Waals surface area (Å²) in [4.78, 5) is 11.1. The Bertz CT molecular complexity index is 376. The van der Waals surface area contributed by atoms with Crippen LogP contribution in [0.15, 0.2) is 24.3 Å². The van der Waals surface area contributed by atoms with Crippen molar-refractivity contribution in [2.75, 3.05) is 6.61 Å². The van der Waals surface area contributed by atoms with Gasteiger partial charge in [-0.05, 0) is 18.9 Å². The van der Waals surface area contributed by atoms with E-state index in [-0.39, 0.29) is 24.4 Å². The molecule has 5 heteroatoms. The van der Waals surface area contributed by atoms with Gasteiger partial charge in [0.2, 0.25) is 0 Å². The van der Waals surface area contributed by atoms with Crippen LogP contribution in [0.4, 0.5) is 8.78 Å². The Balaban J connectivity index is 2.51. The van der Waals surface area contributed by atoms with Crippen LogP contribution in [0.5, 0.6) is 0 Å². The Labute approximate surface area is 104 Å². The molecule has 0 amide bonds. The van der Waals surface area contributed by atoms with Crippen molar-refractivity contribution in [3.63, 3.8) is 0 Å². The van der Waals surface area contributed by atoms with Gasteiger partial charge in [0.05, 0.1) is 12.7 Å². The summed E-state index contributed by atoms with van der Waals surface area (Å²) in [6.45, 7) is 2.01. The third-order valence-electron chi connectivity index (χ3n) is 2.50. The lowest BCUT2D eigenvalue weighted by Gasteiger charge is -2.11. The first kappa shape index (κ1) is 14.6. The molecule has 18 heavy (non-hydrogen) atoms. The van der Waals surface area contributed by atoms with Crippen LogP contribution in [-0.4, -0.2) is 17.7 Å². The number of carbonyl (C=O) groups is 1. The van der Waals surface area contributed by atoms with Gasteiger partial charge >= 0.3 is 5.97 Å². The zero-order chi connectivity index (χ0) is 13.5. The first-order chi connectivity index (χ1) is 8.54. The highest BCUT2D eigenvalue weighted by molar-refractivity contribution is 5.69. The molecule has 1 aromatic rings. The van der Waals surface area contributed by atoms with E-state index in [4.69, 9.17) is 4.74 Å². The topological polar surface area (TPSA) is 46.5 Å². The normalized spacial score (nSPS) is 12.5. The summed E-state index contributed by atoms with van der Waals surface area (Å²) in [5.41, 5.74) is 0.431. The maximum atomic E-state index is 12.3. The van der Waals surface area contributed by atoms with Crippen molar-refractivity contribution in [3.05, 3.63) is 35.4 Å². The number of carbonyl (C=O) groups excluding carboxylic acids is 1. The number of halogens is 2. The molecule has 0 aromatic heterocycles. The molecule has 0 bridgehead atoms. The van der Waals surface area contributed by atoms with Gasteiger partial charge in [-0.15, -0.1) is 0 Å². The number of benzene rings is 1. The Morgan fingerprint density at radius 2 is 1.83 bits per heavy atom. The third-order valence-corrected chi connectivity index (χ3v) is 2.50. The molecule has 0 radical (unpaired) electrons. The van der Waals surface area contributed by atoms with Gasteiger partial charge in [-0.3, -0.25) is 4.79 Å². The minimum absolute atomic E-state index is 0.0867. The summed E-state index contributed by atoms with van der Waals surface area (Å²) in [5, 5.41) is 9.77. The molecule has 0 aliphatic rings. The summed E-state index contributed by atoms with van der Waals surface area (Å²) in [5.74, 6) is -0.374. The third kappa shape index (κ3) is 4.41. The minimum Gasteiger partial charge on any atom is -0.466 e. The van der Waals surface area contributed by atoms with E-state index < -0.39 is 12.5 Å². The molecule has 0 saturated carbocycles. The van der Waals surface area contributed by atoms with Crippen molar-refractivity contribution in [2.24, 2.45) is 0 Å². The fraction of sp³-hybridized carbons (Fsp3) is 0.462. The number of aliphatic hydroxyl groups is 1. The second kappa shape index (κ2) is 7.06. The average Bonchev–Trinajstić information content (AvgIpc) is 2.36. The Morgan fingerprint density at radius 1 is 1.28 bits per heavy atom. The average molecular weight is 258 g/mol. The Hall–Kier alpha value is -1.49. The van der Waals surface area contributed by atoms with Crippen molar-refractivity contribution in [1.82, 2.24) is 0 Å². The molecule has 0 fully saturated rings. The Morgan fingerprint density at radius 3 is 2.33 bits per heavy atom. The molecule has 3 nitrogen and oxygen atoms in total. The first-order valence-electron chi connectivity index (χ1n) is 5.76. The van der Waals surface area contributed by atoms with Crippen molar-refractivity contribution in [1.29, 1.82) is 0 Å².